The summed E-state index contributed by atoms with van der Waals surface area (Å²) in [6.07, 6.45) is 4.02. The number of benzene rings is 1. The highest BCUT2D eigenvalue weighted by molar-refractivity contribution is 5.15. The van der Waals surface area contributed by atoms with E-state index in [9.17, 15) is 0 Å². The van der Waals surface area contributed by atoms with E-state index in [2.05, 4.69) is 42.2 Å². The highest BCUT2D eigenvalue weighted by atomic mass is 15.1. The molecule has 1 aliphatic rings. The molecule has 0 amide bonds. The zero-order chi connectivity index (χ0) is 10.5. The normalized spacial score (nSPS) is 19.3. The lowest BCUT2D eigenvalue weighted by Gasteiger charge is -2.20. The Labute approximate surface area is 93.1 Å². The molecule has 0 spiro atoms. The van der Waals surface area contributed by atoms with E-state index in [4.69, 9.17) is 0 Å². The van der Waals surface area contributed by atoms with Crippen LogP contribution in [-0.4, -0.2) is 24.5 Å². The largest absolute Gasteiger partial charge is 0.303 e. The van der Waals surface area contributed by atoms with Crippen LogP contribution in [0.1, 0.15) is 25.3 Å². The fraction of sp³-hybridized carbons (Fsp3) is 0.571. The van der Waals surface area contributed by atoms with Crippen LogP contribution >= 0.6 is 0 Å². The average molecular weight is 203 g/mol. The van der Waals surface area contributed by atoms with Gasteiger partial charge in [0.25, 0.3) is 0 Å². The monoisotopic (exact) mass is 203 g/mol. The van der Waals surface area contributed by atoms with E-state index in [0.717, 1.165) is 5.92 Å². The maximum Gasteiger partial charge on any atom is 0.00102 e. The molecular weight excluding hydrogens is 182 g/mol. The molecule has 2 rings (SSSR count). The summed E-state index contributed by atoms with van der Waals surface area (Å²) >= 11 is 0. The Morgan fingerprint density at radius 3 is 2.47 bits per heavy atom. The molecule has 1 aromatic carbocycles. The van der Waals surface area contributed by atoms with Gasteiger partial charge in [-0.05, 0) is 43.8 Å². The van der Waals surface area contributed by atoms with Crippen molar-refractivity contribution in [3.8, 4) is 0 Å². The van der Waals surface area contributed by atoms with Crippen LogP contribution < -0.4 is 0 Å². The first kappa shape index (κ1) is 10.7. The van der Waals surface area contributed by atoms with Gasteiger partial charge in [-0.25, -0.2) is 0 Å². The minimum atomic E-state index is 0.783. The summed E-state index contributed by atoms with van der Waals surface area (Å²) < 4.78 is 0. The van der Waals surface area contributed by atoms with Gasteiger partial charge in [0.15, 0.2) is 0 Å². The van der Waals surface area contributed by atoms with Crippen LogP contribution in [0.15, 0.2) is 30.3 Å². The molecule has 1 nitrogen and oxygen atoms in total. The minimum Gasteiger partial charge on any atom is -0.303 e. The molecule has 1 saturated heterocycles. The predicted octanol–water partition coefficient (Wildman–Crippen LogP) is 2.96. The van der Waals surface area contributed by atoms with Gasteiger partial charge in [-0.3, -0.25) is 0 Å². The van der Waals surface area contributed by atoms with Crippen molar-refractivity contribution in [3.63, 3.8) is 0 Å². The molecule has 0 unspecified atom stereocenters. The van der Waals surface area contributed by atoms with Gasteiger partial charge in [0.05, 0.1) is 0 Å². The van der Waals surface area contributed by atoms with Gasteiger partial charge in [0.1, 0.15) is 0 Å². The van der Waals surface area contributed by atoms with Crippen LogP contribution in [0.5, 0.6) is 0 Å². The summed E-state index contributed by atoms with van der Waals surface area (Å²) in [6, 6.07) is 10.8. The molecule has 0 saturated carbocycles. The number of rotatable bonds is 4. The Hall–Kier alpha value is -0.820. The van der Waals surface area contributed by atoms with Gasteiger partial charge in [-0.2, -0.15) is 0 Å². The molecule has 1 heterocycles. The molecule has 0 N–H and O–H groups in total. The highest BCUT2D eigenvalue weighted by Gasteiger charge is 2.14. The molecule has 1 aliphatic heterocycles. The van der Waals surface area contributed by atoms with Crippen LogP contribution in [-0.2, 0) is 6.42 Å². The molecule has 0 bridgehead atoms. The molecule has 0 aromatic heterocycles. The fourth-order valence-electron chi connectivity index (χ4n) is 2.49. The Balaban J connectivity index is 1.79. The lowest BCUT2D eigenvalue weighted by atomic mass is 10.0. The maximum atomic E-state index is 2.60. The van der Waals surface area contributed by atoms with Crippen molar-refractivity contribution in [1.29, 1.82) is 0 Å². The second-order valence-electron chi connectivity index (χ2n) is 4.80. The topological polar surface area (TPSA) is 3.24 Å². The van der Waals surface area contributed by atoms with Gasteiger partial charge in [-0.15, -0.1) is 0 Å². The summed E-state index contributed by atoms with van der Waals surface area (Å²) in [5.74, 6) is 0.783. The molecule has 1 fully saturated rings. The van der Waals surface area contributed by atoms with E-state index >= 15 is 0 Å². The third kappa shape index (κ3) is 3.35. The Kier molecular flexibility index (Phi) is 3.79. The van der Waals surface area contributed by atoms with Gasteiger partial charge >= 0.3 is 0 Å². The van der Waals surface area contributed by atoms with E-state index in [0.29, 0.717) is 0 Å². The van der Waals surface area contributed by atoms with Gasteiger partial charge in [0, 0.05) is 6.54 Å². The van der Waals surface area contributed by atoms with E-state index in [1.165, 1.54) is 44.5 Å². The van der Waals surface area contributed by atoms with Gasteiger partial charge in [-0.1, -0.05) is 37.3 Å². The lowest BCUT2D eigenvalue weighted by molar-refractivity contribution is 0.287. The van der Waals surface area contributed by atoms with Crippen molar-refractivity contribution >= 4 is 0 Å². The van der Waals surface area contributed by atoms with E-state index in [-0.39, 0.29) is 0 Å². The smallest absolute Gasteiger partial charge is 0.00102 e. The van der Waals surface area contributed by atoms with E-state index in [1.807, 2.05) is 0 Å². The molecule has 0 radical (unpaired) electrons. The molecule has 1 aromatic rings. The standard InChI is InChI=1S/C14H21N/c1-13(12-15-9-5-6-10-15)11-14-7-3-2-4-8-14/h2-4,7-8,13H,5-6,9-12H2,1H3/t13-/m0/s1. The second-order valence-corrected chi connectivity index (χ2v) is 4.80. The quantitative estimate of drug-likeness (QED) is 0.727. The highest BCUT2D eigenvalue weighted by Crippen LogP contribution is 2.13. The molecule has 1 heteroatoms. The summed E-state index contributed by atoms with van der Waals surface area (Å²) in [4.78, 5) is 2.60. The molecular formula is C14H21N. The lowest BCUT2D eigenvalue weighted by Crippen LogP contribution is -2.26. The first-order valence-corrected chi connectivity index (χ1v) is 6.11. The van der Waals surface area contributed by atoms with Crippen LogP contribution in [0, 0.1) is 5.92 Å². The Morgan fingerprint density at radius 1 is 1.13 bits per heavy atom. The number of likely N-dealkylation sites (tertiary alicyclic amines) is 1. The maximum absolute atomic E-state index is 2.60. The van der Waals surface area contributed by atoms with E-state index in [1.54, 1.807) is 0 Å². The summed E-state index contributed by atoms with van der Waals surface area (Å²) in [5.41, 5.74) is 1.48. The molecule has 1 atom stereocenters. The van der Waals surface area contributed by atoms with Gasteiger partial charge in [0.2, 0.25) is 0 Å². The summed E-state index contributed by atoms with van der Waals surface area (Å²) in [7, 11) is 0. The number of hydrogen-bond acceptors (Lipinski definition) is 1. The predicted molar refractivity (Wildman–Crippen MR) is 65.0 cm³/mol. The number of hydrogen-bond donors (Lipinski definition) is 0. The average Bonchev–Trinajstić information content (AvgIpc) is 2.71. The molecule has 15 heavy (non-hydrogen) atoms. The zero-order valence-corrected chi connectivity index (χ0v) is 9.65. The third-order valence-electron chi connectivity index (χ3n) is 3.20. The van der Waals surface area contributed by atoms with Crippen LogP contribution in [0.2, 0.25) is 0 Å². The van der Waals surface area contributed by atoms with Crippen molar-refractivity contribution in [1.82, 2.24) is 4.90 Å². The van der Waals surface area contributed by atoms with Crippen molar-refractivity contribution in [2.24, 2.45) is 5.92 Å². The Bertz CT molecular complexity index is 275. The fourth-order valence-corrected chi connectivity index (χ4v) is 2.49. The van der Waals surface area contributed by atoms with Crippen molar-refractivity contribution in [3.05, 3.63) is 35.9 Å². The first-order chi connectivity index (χ1) is 7.34. The third-order valence-corrected chi connectivity index (χ3v) is 3.20. The SMILES string of the molecule is C[C@@H](Cc1ccccc1)CN1CCCC1. The van der Waals surface area contributed by atoms with Gasteiger partial charge < -0.3 is 4.90 Å². The van der Waals surface area contributed by atoms with Crippen LogP contribution in [0.25, 0.3) is 0 Å². The zero-order valence-electron chi connectivity index (χ0n) is 9.65. The van der Waals surface area contributed by atoms with Crippen molar-refractivity contribution in [2.45, 2.75) is 26.2 Å². The second kappa shape index (κ2) is 5.32. The molecule has 0 aliphatic carbocycles. The molecule has 82 valence electrons. The minimum absolute atomic E-state index is 0.783. The van der Waals surface area contributed by atoms with Crippen LogP contribution in [0.3, 0.4) is 0 Å². The summed E-state index contributed by atoms with van der Waals surface area (Å²) in [5, 5.41) is 0. The first-order valence-electron chi connectivity index (χ1n) is 6.11. The number of nitrogens with zero attached hydrogens (tertiary/aromatic N) is 1. The van der Waals surface area contributed by atoms with Crippen molar-refractivity contribution in [2.75, 3.05) is 19.6 Å². The van der Waals surface area contributed by atoms with E-state index < -0.39 is 0 Å². The van der Waals surface area contributed by atoms with Crippen molar-refractivity contribution < 1.29 is 0 Å². The summed E-state index contributed by atoms with van der Waals surface area (Å²) in [6.45, 7) is 6.28. The van der Waals surface area contributed by atoms with Crippen LogP contribution in [0.4, 0.5) is 0 Å². The Morgan fingerprint density at radius 2 is 1.80 bits per heavy atom.